The molecule has 3 aromatic rings. The van der Waals surface area contributed by atoms with Crippen LogP contribution in [-0.2, 0) is 11.3 Å². The van der Waals surface area contributed by atoms with Crippen LogP contribution in [-0.4, -0.2) is 51.4 Å². The minimum atomic E-state index is -4.60. The van der Waals surface area contributed by atoms with Crippen molar-refractivity contribution in [3.63, 3.8) is 0 Å². The van der Waals surface area contributed by atoms with Gasteiger partial charge in [0.05, 0.1) is 5.92 Å². The molecule has 0 unspecified atom stereocenters. The molecule has 2 aromatic carbocycles. The first-order valence-electron chi connectivity index (χ1n) is 11.3. The van der Waals surface area contributed by atoms with Gasteiger partial charge in [0.2, 0.25) is 0 Å². The van der Waals surface area contributed by atoms with E-state index < -0.39 is 35.9 Å². The number of nitrogens with one attached hydrogen (secondary N) is 1. The number of carboxylic acid groups (broad SMARTS) is 1. The van der Waals surface area contributed by atoms with E-state index in [1.54, 1.807) is 0 Å². The normalized spacial score (nSPS) is 14.3. The zero-order valence-corrected chi connectivity index (χ0v) is 20.0. The summed E-state index contributed by atoms with van der Waals surface area (Å²) in [6.45, 7) is 3.79. The van der Waals surface area contributed by atoms with E-state index >= 15 is 0 Å². The number of aryl methyl sites for hydroxylation is 2. The Labute approximate surface area is 209 Å². The zero-order valence-electron chi connectivity index (χ0n) is 20.0. The van der Waals surface area contributed by atoms with E-state index in [1.807, 2.05) is 30.9 Å². The Morgan fingerprint density at radius 3 is 2.46 bits per heavy atom. The summed E-state index contributed by atoms with van der Waals surface area (Å²) in [4.78, 5) is 30.2. The number of carbonyl (C=O) groups is 1. The van der Waals surface area contributed by atoms with Crippen molar-refractivity contribution >= 4 is 17.5 Å². The first-order chi connectivity index (χ1) is 17.4. The van der Waals surface area contributed by atoms with Crippen molar-refractivity contribution in [1.82, 2.24) is 14.5 Å². The molecule has 0 radical (unpaired) electrons. The Balaban J connectivity index is 1.52. The number of ether oxygens (including phenoxy) is 1. The highest BCUT2D eigenvalue weighted by Gasteiger charge is 2.32. The Kier molecular flexibility index (Phi) is 7.21. The van der Waals surface area contributed by atoms with Crippen molar-refractivity contribution in [2.75, 3.05) is 25.0 Å². The highest BCUT2D eigenvalue weighted by atomic mass is 19.4. The Bertz CT molecular complexity index is 1360. The van der Waals surface area contributed by atoms with Crippen molar-refractivity contribution < 1.29 is 32.2 Å². The van der Waals surface area contributed by atoms with E-state index in [0.717, 1.165) is 28.8 Å². The average molecular weight is 520 g/mol. The maximum atomic E-state index is 14.2. The summed E-state index contributed by atoms with van der Waals surface area (Å²) in [5, 5.41) is 11.8. The van der Waals surface area contributed by atoms with E-state index in [-0.39, 0.29) is 17.4 Å². The molecule has 1 fully saturated rings. The lowest BCUT2D eigenvalue weighted by molar-refractivity contribution is -0.153. The molecule has 2 N–H and O–H groups in total. The van der Waals surface area contributed by atoms with Crippen LogP contribution in [0.25, 0.3) is 5.69 Å². The molecule has 37 heavy (non-hydrogen) atoms. The molecule has 196 valence electrons. The smallest absolute Gasteiger partial charge is 0.422 e. The minimum absolute atomic E-state index is 0.106. The molecular weight excluding hydrogens is 496 g/mol. The van der Waals surface area contributed by atoms with Crippen LogP contribution in [0.4, 0.5) is 29.1 Å². The molecule has 8 nitrogen and oxygen atoms in total. The van der Waals surface area contributed by atoms with E-state index in [4.69, 9.17) is 5.11 Å². The van der Waals surface area contributed by atoms with Gasteiger partial charge in [0, 0.05) is 49.5 Å². The molecule has 4 rings (SSSR count). The van der Waals surface area contributed by atoms with Gasteiger partial charge in [-0.1, -0.05) is 0 Å². The summed E-state index contributed by atoms with van der Waals surface area (Å²) in [6, 6.07) is 6.91. The van der Waals surface area contributed by atoms with E-state index in [0.29, 0.717) is 25.3 Å². The molecule has 1 aliphatic heterocycles. The largest absolute Gasteiger partial charge is 0.481 e. The number of aliphatic carboxylic acids is 1. The van der Waals surface area contributed by atoms with Crippen molar-refractivity contribution in [2.45, 2.75) is 26.6 Å². The van der Waals surface area contributed by atoms with Gasteiger partial charge >= 0.3 is 12.1 Å². The van der Waals surface area contributed by atoms with Crippen LogP contribution in [0.5, 0.6) is 5.75 Å². The molecule has 12 heteroatoms. The maximum absolute atomic E-state index is 14.2. The first kappa shape index (κ1) is 26.1. The third-order valence-corrected chi connectivity index (χ3v) is 6.07. The van der Waals surface area contributed by atoms with Gasteiger partial charge in [0.15, 0.2) is 24.0 Å². The van der Waals surface area contributed by atoms with Gasteiger partial charge in [0.25, 0.3) is 5.56 Å². The molecule has 1 aliphatic rings. The van der Waals surface area contributed by atoms with Crippen molar-refractivity contribution in [2.24, 2.45) is 5.92 Å². The Morgan fingerprint density at radius 2 is 1.86 bits per heavy atom. The third kappa shape index (κ3) is 6.08. The fourth-order valence-electron chi connectivity index (χ4n) is 4.13. The number of likely N-dealkylation sites (tertiary alicyclic amines) is 1. The SMILES string of the molecule is Cc1cc(-n2ccnc(Nc3ccc(OCC(F)(F)F)c(F)c3)c2=O)cc(C)c1CN1CC(C(=O)O)C1. The number of nitrogens with zero attached hydrogens (tertiary/aromatic N) is 3. The van der Waals surface area contributed by atoms with E-state index in [9.17, 15) is 27.2 Å². The number of alkyl halides is 3. The Morgan fingerprint density at radius 1 is 1.19 bits per heavy atom. The summed E-state index contributed by atoms with van der Waals surface area (Å²) in [7, 11) is 0. The first-order valence-corrected chi connectivity index (χ1v) is 11.3. The monoisotopic (exact) mass is 520 g/mol. The fourth-order valence-corrected chi connectivity index (χ4v) is 4.13. The number of aromatic nitrogens is 2. The van der Waals surface area contributed by atoms with Gasteiger partial charge in [0.1, 0.15) is 0 Å². The molecule has 0 bridgehead atoms. The second kappa shape index (κ2) is 10.2. The van der Waals surface area contributed by atoms with Crippen LogP contribution in [0.2, 0.25) is 0 Å². The lowest BCUT2D eigenvalue weighted by Crippen LogP contribution is -2.49. The lowest BCUT2D eigenvalue weighted by Gasteiger charge is -2.37. The van der Waals surface area contributed by atoms with Crippen LogP contribution < -0.4 is 15.6 Å². The minimum Gasteiger partial charge on any atom is -0.481 e. The van der Waals surface area contributed by atoms with Crippen molar-refractivity contribution in [3.8, 4) is 11.4 Å². The van der Waals surface area contributed by atoms with Gasteiger partial charge in [-0.15, -0.1) is 0 Å². The number of carboxylic acids is 1. The summed E-state index contributed by atoms with van der Waals surface area (Å²) >= 11 is 0. The van der Waals surface area contributed by atoms with Gasteiger partial charge in [-0.2, -0.15) is 13.2 Å². The topological polar surface area (TPSA) is 96.7 Å². The maximum Gasteiger partial charge on any atom is 0.422 e. The molecular formula is C25H24F4N4O4. The quantitative estimate of drug-likeness (QED) is 0.430. The van der Waals surface area contributed by atoms with Gasteiger partial charge in [-0.25, -0.2) is 9.37 Å². The highest BCUT2D eigenvalue weighted by Crippen LogP contribution is 2.26. The van der Waals surface area contributed by atoms with E-state index in [1.165, 1.54) is 23.0 Å². The standard InChI is InChI=1S/C25H24F4N4O4/c1-14-7-18(8-15(2)19(14)12-32-10-16(11-32)24(35)36)33-6-5-30-22(23(33)34)31-17-3-4-21(20(26)9-17)37-13-25(27,28)29/h3-9,16H,10-13H2,1-2H3,(H,30,31)(H,35,36). The number of halogens is 4. The highest BCUT2D eigenvalue weighted by molar-refractivity contribution is 5.71. The van der Waals surface area contributed by atoms with Crippen LogP contribution >= 0.6 is 0 Å². The predicted molar refractivity (Wildman–Crippen MR) is 127 cm³/mol. The predicted octanol–water partition coefficient (Wildman–Crippen LogP) is 4.19. The van der Waals surface area contributed by atoms with E-state index in [2.05, 4.69) is 15.0 Å². The molecule has 0 spiro atoms. The second-order valence-electron chi connectivity index (χ2n) is 8.91. The molecule has 2 heterocycles. The second-order valence-corrected chi connectivity index (χ2v) is 8.91. The number of anilines is 2. The van der Waals surface area contributed by atoms with Gasteiger partial charge in [-0.3, -0.25) is 19.1 Å². The van der Waals surface area contributed by atoms with Crippen LogP contribution in [0.1, 0.15) is 16.7 Å². The summed E-state index contributed by atoms with van der Waals surface area (Å²) in [6.07, 6.45) is -1.72. The van der Waals surface area contributed by atoms with Gasteiger partial charge < -0.3 is 15.2 Å². The van der Waals surface area contributed by atoms with Crippen LogP contribution in [0.15, 0.2) is 47.5 Å². The molecule has 1 aromatic heterocycles. The lowest BCUT2D eigenvalue weighted by atomic mass is 9.96. The van der Waals surface area contributed by atoms with Crippen molar-refractivity contribution in [3.05, 3.63) is 75.6 Å². The zero-order chi connectivity index (χ0) is 26.9. The average Bonchev–Trinajstić information content (AvgIpc) is 2.77. The molecule has 0 saturated carbocycles. The summed E-state index contributed by atoms with van der Waals surface area (Å²) < 4.78 is 57.0. The third-order valence-electron chi connectivity index (χ3n) is 6.07. The molecule has 1 saturated heterocycles. The molecule has 0 amide bonds. The number of benzene rings is 2. The van der Waals surface area contributed by atoms with Crippen molar-refractivity contribution in [1.29, 1.82) is 0 Å². The fraction of sp³-hybridized carbons (Fsp3) is 0.320. The van der Waals surface area contributed by atoms with Crippen LogP contribution in [0, 0.1) is 25.6 Å². The van der Waals surface area contributed by atoms with Gasteiger partial charge in [-0.05, 0) is 54.8 Å². The summed E-state index contributed by atoms with van der Waals surface area (Å²) in [5.74, 6) is -2.84. The van der Waals surface area contributed by atoms with Crippen LogP contribution in [0.3, 0.4) is 0 Å². The Hall–Kier alpha value is -3.93. The summed E-state index contributed by atoms with van der Waals surface area (Å²) in [5.41, 5.74) is 3.10. The number of hydrogen-bond acceptors (Lipinski definition) is 6. The molecule has 0 aliphatic carbocycles. The number of rotatable bonds is 8. The molecule has 0 atom stereocenters. The number of hydrogen-bond donors (Lipinski definition) is 2.